The van der Waals surface area contributed by atoms with Crippen LogP contribution in [-0.4, -0.2) is 46.7 Å². The molecule has 0 radical (unpaired) electrons. The second-order valence-corrected chi connectivity index (χ2v) is 10.9. The van der Waals surface area contributed by atoms with Crippen LogP contribution >= 0.6 is 0 Å². The Morgan fingerprint density at radius 3 is 2.40 bits per heavy atom. The van der Waals surface area contributed by atoms with E-state index in [1.54, 1.807) is 25.0 Å². The highest BCUT2D eigenvalue weighted by Gasteiger charge is 2.40. The number of imide groups is 1. The third kappa shape index (κ3) is 4.55. The summed E-state index contributed by atoms with van der Waals surface area (Å²) in [6.45, 7) is 2.10. The number of fused-ring (bicyclic) bond motifs is 2. The Morgan fingerprint density at radius 2 is 1.69 bits per heavy atom. The number of anilines is 1. The fourth-order valence-electron chi connectivity index (χ4n) is 5.89. The molecule has 3 aromatic rings. The van der Waals surface area contributed by atoms with E-state index in [4.69, 9.17) is 20.9 Å². The topological polar surface area (TPSA) is 158 Å². The zero-order chi connectivity index (χ0) is 29.7. The summed E-state index contributed by atoms with van der Waals surface area (Å²) in [4.78, 5) is 58.6. The molecule has 42 heavy (non-hydrogen) atoms. The van der Waals surface area contributed by atoms with Crippen LogP contribution < -0.4 is 25.8 Å². The number of carbonyl (C=O) groups excluding carboxylic acids is 4. The summed E-state index contributed by atoms with van der Waals surface area (Å²) in [6, 6.07) is 10.3. The number of hydrogen-bond acceptors (Lipinski definition) is 8. The number of rotatable bonds is 8. The molecule has 0 saturated heterocycles. The highest BCUT2D eigenvalue weighted by atomic mass is 16.5. The lowest BCUT2D eigenvalue weighted by molar-refractivity contribution is -0.119. The third-order valence-corrected chi connectivity index (χ3v) is 8.31. The van der Waals surface area contributed by atoms with E-state index >= 15 is 0 Å². The molecule has 3 aliphatic rings. The molecule has 0 bridgehead atoms. The number of nitrogens with zero attached hydrogens (tertiary/aromatic N) is 3. The fourth-order valence-corrected chi connectivity index (χ4v) is 5.89. The molecule has 4 N–H and O–H groups in total. The van der Waals surface area contributed by atoms with Crippen molar-refractivity contribution in [3.8, 4) is 11.5 Å². The molecule has 2 aromatic carbocycles. The lowest BCUT2D eigenvalue weighted by Gasteiger charge is -2.23. The molecule has 2 atom stereocenters. The lowest BCUT2D eigenvalue weighted by Crippen LogP contribution is -2.32. The summed E-state index contributed by atoms with van der Waals surface area (Å²) in [5.74, 6) is -0.813. The van der Waals surface area contributed by atoms with Crippen molar-refractivity contribution in [2.24, 2.45) is 11.5 Å². The number of primary amides is 1. The zero-order valence-corrected chi connectivity index (χ0v) is 23.3. The van der Waals surface area contributed by atoms with Crippen LogP contribution in [0.1, 0.15) is 92.6 Å². The van der Waals surface area contributed by atoms with Crippen molar-refractivity contribution in [1.82, 2.24) is 9.88 Å². The molecule has 1 aromatic heterocycles. The fraction of sp³-hybridized carbons (Fsp3) is 0.323. The zero-order valence-electron chi connectivity index (χ0n) is 23.3. The molecule has 0 spiro atoms. The number of aromatic nitrogens is 1. The maximum absolute atomic E-state index is 13.6. The molecule has 1 aliphatic carbocycles. The number of pyridine rings is 1. The molecule has 4 amide bonds. The highest BCUT2D eigenvalue weighted by molar-refractivity contribution is 6.21. The summed E-state index contributed by atoms with van der Waals surface area (Å²) in [5.41, 5.74) is 14.0. The summed E-state index contributed by atoms with van der Waals surface area (Å²) in [7, 11) is 1.59. The minimum atomic E-state index is -1.20. The number of methoxy groups -OCH3 is 1. The Bertz CT molecular complexity index is 1630. The van der Waals surface area contributed by atoms with Gasteiger partial charge >= 0.3 is 0 Å². The summed E-state index contributed by atoms with van der Waals surface area (Å²) >= 11 is 0. The van der Waals surface area contributed by atoms with Gasteiger partial charge in [-0.25, -0.2) is 0 Å². The second-order valence-electron chi connectivity index (χ2n) is 10.9. The van der Waals surface area contributed by atoms with Gasteiger partial charge in [0.1, 0.15) is 6.04 Å². The average Bonchev–Trinajstić information content (AvgIpc) is 3.69. The van der Waals surface area contributed by atoms with Crippen molar-refractivity contribution in [3.63, 3.8) is 0 Å². The van der Waals surface area contributed by atoms with E-state index in [2.05, 4.69) is 4.98 Å². The van der Waals surface area contributed by atoms with E-state index < -0.39 is 29.8 Å². The smallest absolute Gasteiger partial charge is 0.263 e. The summed E-state index contributed by atoms with van der Waals surface area (Å²) < 4.78 is 11.7. The van der Waals surface area contributed by atoms with Gasteiger partial charge in [-0.15, -0.1) is 0 Å². The summed E-state index contributed by atoms with van der Waals surface area (Å²) in [6.07, 6.45) is 5.63. The van der Waals surface area contributed by atoms with Crippen LogP contribution in [0.3, 0.4) is 0 Å². The molecule has 216 valence electrons. The molecule has 11 nitrogen and oxygen atoms in total. The molecule has 2 unspecified atom stereocenters. The number of nitrogens with two attached hydrogens (primary N) is 2. The second kappa shape index (κ2) is 10.6. The van der Waals surface area contributed by atoms with Crippen molar-refractivity contribution >= 4 is 29.3 Å². The van der Waals surface area contributed by atoms with E-state index in [9.17, 15) is 19.2 Å². The van der Waals surface area contributed by atoms with Crippen molar-refractivity contribution in [3.05, 3.63) is 82.2 Å². The Hall–Kier alpha value is -4.77. The Kier molecular flexibility index (Phi) is 6.90. The first kappa shape index (κ1) is 27.4. The van der Waals surface area contributed by atoms with E-state index in [1.807, 2.05) is 30.3 Å². The van der Waals surface area contributed by atoms with Gasteiger partial charge in [0.15, 0.2) is 11.5 Å². The Labute approximate surface area is 242 Å². The maximum atomic E-state index is 13.6. The van der Waals surface area contributed by atoms with E-state index in [1.165, 1.54) is 12.3 Å². The number of hydrogen-bond donors (Lipinski definition) is 2. The largest absolute Gasteiger partial charge is 0.493 e. The van der Waals surface area contributed by atoms with E-state index in [-0.39, 0.29) is 28.8 Å². The number of carbonyl (C=O) groups is 4. The molecule has 2 aliphatic heterocycles. The quantitative estimate of drug-likeness (QED) is 0.391. The molecule has 3 heterocycles. The van der Waals surface area contributed by atoms with E-state index in [0.29, 0.717) is 34.9 Å². The van der Waals surface area contributed by atoms with Crippen molar-refractivity contribution in [2.45, 2.75) is 57.3 Å². The van der Waals surface area contributed by atoms with Gasteiger partial charge in [-0.3, -0.25) is 29.1 Å². The Balaban J connectivity index is 1.24. The molecular formula is C31H31N5O6. The van der Waals surface area contributed by atoms with Crippen molar-refractivity contribution in [1.29, 1.82) is 0 Å². The molecule has 6 rings (SSSR count). The number of amides is 4. The van der Waals surface area contributed by atoms with Crippen molar-refractivity contribution in [2.75, 3.05) is 12.0 Å². The first-order valence-corrected chi connectivity index (χ1v) is 13.9. The highest BCUT2D eigenvalue weighted by Crippen LogP contribution is 2.39. The predicted molar refractivity (Wildman–Crippen MR) is 152 cm³/mol. The van der Waals surface area contributed by atoms with Crippen LogP contribution in [0.4, 0.5) is 5.69 Å². The SMILES string of the molecule is COc1ccc(N2Cc3ccc(C(C)N4C(=O)c5cnc(C(N)C(N)=O)cc5C4=O)cc3C2=O)cc1OC1CCCC1. The predicted octanol–water partition coefficient (Wildman–Crippen LogP) is 3.41. The monoisotopic (exact) mass is 569 g/mol. The van der Waals surface area contributed by atoms with Crippen molar-refractivity contribution < 1.29 is 28.7 Å². The lowest BCUT2D eigenvalue weighted by atomic mass is 10.0. The number of ether oxygens (including phenoxy) is 2. The van der Waals surface area contributed by atoms with Gasteiger partial charge in [0.25, 0.3) is 17.7 Å². The van der Waals surface area contributed by atoms with Crippen LogP contribution in [0, 0.1) is 0 Å². The van der Waals surface area contributed by atoms with Gasteiger partial charge in [0.2, 0.25) is 5.91 Å². The van der Waals surface area contributed by atoms with Crippen LogP contribution in [0.5, 0.6) is 11.5 Å². The molecule has 1 fully saturated rings. The minimum Gasteiger partial charge on any atom is -0.493 e. The first-order chi connectivity index (χ1) is 20.2. The first-order valence-electron chi connectivity index (χ1n) is 13.9. The van der Waals surface area contributed by atoms with Gasteiger partial charge in [-0.1, -0.05) is 12.1 Å². The van der Waals surface area contributed by atoms with Crippen LogP contribution in [0.25, 0.3) is 0 Å². The van der Waals surface area contributed by atoms with Gasteiger partial charge in [0.05, 0.1) is 42.6 Å². The summed E-state index contributed by atoms with van der Waals surface area (Å²) in [5, 5.41) is 0. The van der Waals surface area contributed by atoms with Gasteiger partial charge in [-0.05, 0) is 68.0 Å². The van der Waals surface area contributed by atoms with Crippen LogP contribution in [0.15, 0.2) is 48.7 Å². The van der Waals surface area contributed by atoms with Gasteiger partial charge in [0, 0.05) is 23.5 Å². The van der Waals surface area contributed by atoms with Gasteiger partial charge < -0.3 is 25.8 Å². The molecule has 11 heteroatoms. The van der Waals surface area contributed by atoms with Crippen LogP contribution in [-0.2, 0) is 11.3 Å². The number of benzene rings is 2. The van der Waals surface area contributed by atoms with Crippen LogP contribution in [0.2, 0.25) is 0 Å². The molecular weight excluding hydrogens is 538 g/mol. The minimum absolute atomic E-state index is 0.104. The average molecular weight is 570 g/mol. The Morgan fingerprint density at radius 1 is 0.952 bits per heavy atom. The molecule has 1 saturated carbocycles. The maximum Gasteiger partial charge on any atom is 0.263 e. The van der Waals surface area contributed by atoms with Gasteiger partial charge in [-0.2, -0.15) is 0 Å². The normalized spacial score (nSPS) is 17.8. The standard InChI is InChI=1S/C31H31N5O6/c1-16(36-30(39)22-13-24(27(32)28(33)37)34-14-23(22)31(36)40)17-7-8-18-15-35(29(38)21(18)11-17)19-9-10-25(41-2)26(12-19)42-20-5-3-4-6-20/h7-14,16,20,27H,3-6,15,32H2,1-2H3,(H2,33,37). The van der Waals surface area contributed by atoms with E-state index in [0.717, 1.165) is 36.1 Å². The third-order valence-electron chi connectivity index (χ3n) is 8.31.